The molecule has 1 rings (SSSR count). The number of carbonyl (C=O) groups excluding carboxylic acids is 1. The topological polar surface area (TPSA) is 50.4 Å². The van der Waals surface area contributed by atoms with Gasteiger partial charge in [0.05, 0.1) is 6.61 Å². The molecule has 1 aliphatic heterocycles. The van der Waals surface area contributed by atoms with E-state index in [1.165, 1.54) is 0 Å². The van der Waals surface area contributed by atoms with Crippen LogP contribution in [0, 0.1) is 5.41 Å². The SMILES string of the molecule is CC1(C)CCCNC1CNC(=O)CCOCC(F)F.Cl. The number of piperidine rings is 1. The lowest BCUT2D eigenvalue weighted by molar-refractivity contribution is -0.122. The van der Waals surface area contributed by atoms with Gasteiger partial charge < -0.3 is 15.4 Å². The standard InChI is InChI=1S/C13H24F2N2O2.ClH/c1-13(2)5-3-6-16-10(13)8-17-12(18)4-7-19-9-11(14)15;/h10-11,16H,3-9H2,1-2H3,(H,17,18);1H. The third-order valence-corrected chi connectivity index (χ3v) is 3.55. The van der Waals surface area contributed by atoms with Crippen molar-refractivity contribution < 1.29 is 18.3 Å². The summed E-state index contributed by atoms with van der Waals surface area (Å²) in [5.74, 6) is -0.155. The Kier molecular flexibility index (Phi) is 9.25. The van der Waals surface area contributed by atoms with Crippen molar-refractivity contribution in [2.75, 3.05) is 26.3 Å². The molecule has 20 heavy (non-hydrogen) atoms. The minimum absolute atomic E-state index is 0. The fourth-order valence-corrected chi connectivity index (χ4v) is 2.26. The summed E-state index contributed by atoms with van der Waals surface area (Å²) in [6.45, 7) is 5.34. The van der Waals surface area contributed by atoms with Crippen molar-refractivity contribution in [1.29, 1.82) is 0 Å². The fourth-order valence-electron chi connectivity index (χ4n) is 2.26. The molecule has 0 saturated carbocycles. The number of hydrogen-bond acceptors (Lipinski definition) is 3. The third kappa shape index (κ3) is 7.36. The monoisotopic (exact) mass is 314 g/mol. The van der Waals surface area contributed by atoms with E-state index in [-0.39, 0.29) is 42.8 Å². The average Bonchev–Trinajstić information content (AvgIpc) is 2.32. The molecule has 1 fully saturated rings. The number of ether oxygens (including phenoxy) is 1. The fraction of sp³-hybridized carbons (Fsp3) is 0.923. The van der Waals surface area contributed by atoms with Crippen molar-refractivity contribution in [2.24, 2.45) is 5.41 Å². The van der Waals surface area contributed by atoms with Crippen molar-refractivity contribution in [3.63, 3.8) is 0 Å². The van der Waals surface area contributed by atoms with Gasteiger partial charge in [0.1, 0.15) is 6.61 Å². The molecule has 1 heterocycles. The van der Waals surface area contributed by atoms with E-state index in [1.54, 1.807) is 0 Å². The molecule has 2 N–H and O–H groups in total. The lowest BCUT2D eigenvalue weighted by Gasteiger charge is -2.39. The van der Waals surface area contributed by atoms with Crippen LogP contribution in [0.15, 0.2) is 0 Å². The van der Waals surface area contributed by atoms with Gasteiger partial charge in [-0.25, -0.2) is 8.78 Å². The zero-order valence-electron chi connectivity index (χ0n) is 12.1. The minimum atomic E-state index is -2.48. The number of alkyl halides is 2. The van der Waals surface area contributed by atoms with Crippen LogP contribution in [0.5, 0.6) is 0 Å². The maximum absolute atomic E-state index is 11.8. The lowest BCUT2D eigenvalue weighted by Crippen LogP contribution is -2.52. The predicted octanol–water partition coefficient (Wildman–Crippen LogP) is 1.97. The first-order valence-corrected chi connectivity index (χ1v) is 6.78. The Morgan fingerprint density at radius 3 is 2.80 bits per heavy atom. The summed E-state index contributed by atoms with van der Waals surface area (Å²) in [7, 11) is 0. The molecule has 0 bridgehead atoms. The molecule has 0 aromatic rings. The van der Waals surface area contributed by atoms with Gasteiger partial charge in [-0.15, -0.1) is 12.4 Å². The molecule has 1 saturated heterocycles. The van der Waals surface area contributed by atoms with Crippen LogP contribution in [0.25, 0.3) is 0 Å². The normalized spacial score (nSPS) is 21.4. The zero-order valence-corrected chi connectivity index (χ0v) is 12.9. The Bertz CT molecular complexity index is 292. The summed E-state index contributed by atoms with van der Waals surface area (Å²) in [6, 6.07) is 0.257. The number of rotatable bonds is 7. The third-order valence-electron chi connectivity index (χ3n) is 3.55. The van der Waals surface area contributed by atoms with Gasteiger partial charge >= 0.3 is 0 Å². The Labute approximate surface area is 125 Å². The van der Waals surface area contributed by atoms with Crippen LogP contribution in [0.3, 0.4) is 0 Å². The van der Waals surface area contributed by atoms with Crippen LogP contribution in [-0.4, -0.2) is 44.7 Å². The molecule has 0 aromatic carbocycles. The van der Waals surface area contributed by atoms with Crippen LogP contribution >= 0.6 is 12.4 Å². The van der Waals surface area contributed by atoms with Gasteiger partial charge in [-0.1, -0.05) is 13.8 Å². The number of nitrogens with one attached hydrogen (secondary N) is 2. The second kappa shape index (κ2) is 9.47. The number of halogens is 3. The van der Waals surface area contributed by atoms with Gasteiger partial charge in [0, 0.05) is 19.0 Å². The van der Waals surface area contributed by atoms with Crippen molar-refractivity contribution in [2.45, 2.75) is 45.6 Å². The summed E-state index contributed by atoms with van der Waals surface area (Å²) in [4.78, 5) is 11.5. The molecular formula is C13H25ClF2N2O2. The molecule has 120 valence electrons. The van der Waals surface area contributed by atoms with Crippen molar-refractivity contribution in [3.05, 3.63) is 0 Å². The van der Waals surface area contributed by atoms with Gasteiger partial charge in [0.25, 0.3) is 6.43 Å². The maximum Gasteiger partial charge on any atom is 0.261 e. The average molecular weight is 315 g/mol. The second-order valence-corrected chi connectivity index (χ2v) is 5.62. The lowest BCUT2D eigenvalue weighted by atomic mass is 9.77. The van der Waals surface area contributed by atoms with Gasteiger partial charge in [0.15, 0.2) is 0 Å². The Hall–Kier alpha value is -0.460. The summed E-state index contributed by atoms with van der Waals surface area (Å²) in [5.41, 5.74) is 0.164. The molecule has 1 amide bonds. The molecular weight excluding hydrogens is 290 g/mol. The van der Waals surface area contributed by atoms with E-state index in [2.05, 4.69) is 29.2 Å². The van der Waals surface area contributed by atoms with Crippen molar-refractivity contribution in [1.82, 2.24) is 10.6 Å². The maximum atomic E-state index is 11.8. The highest BCUT2D eigenvalue weighted by Crippen LogP contribution is 2.29. The summed E-state index contributed by atoms with van der Waals surface area (Å²) >= 11 is 0. The van der Waals surface area contributed by atoms with Gasteiger partial charge in [0.2, 0.25) is 5.91 Å². The first-order valence-electron chi connectivity index (χ1n) is 6.78. The molecule has 0 aromatic heterocycles. The molecule has 0 spiro atoms. The number of carbonyl (C=O) groups is 1. The molecule has 7 heteroatoms. The van der Waals surface area contributed by atoms with Gasteiger partial charge in [-0.3, -0.25) is 4.79 Å². The predicted molar refractivity (Wildman–Crippen MR) is 76.5 cm³/mol. The van der Waals surface area contributed by atoms with E-state index >= 15 is 0 Å². The van der Waals surface area contributed by atoms with Crippen LogP contribution in [-0.2, 0) is 9.53 Å². The Morgan fingerprint density at radius 2 is 2.20 bits per heavy atom. The smallest absolute Gasteiger partial charge is 0.261 e. The van der Waals surface area contributed by atoms with Gasteiger partial charge in [-0.2, -0.15) is 0 Å². The summed E-state index contributed by atoms with van der Waals surface area (Å²) in [6.07, 6.45) is -0.0631. The highest BCUT2D eigenvalue weighted by Gasteiger charge is 2.31. The molecule has 0 radical (unpaired) electrons. The van der Waals surface area contributed by atoms with E-state index in [4.69, 9.17) is 0 Å². The second-order valence-electron chi connectivity index (χ2n) is 5.62. The van der Waals surface area contributed by atoms with Crippen LogP contribution < -0.4 is 10.6 Å². The van der Waals surface area contributed by atoms with Crippen molar-refractivity contribution in [3.8, 4) is 0 Å². The zero-order chi connectivity index (χ0) is 14.3. The van der Waals surface area contributed by atoms with Gasteiger partial charge in [-0.05, 0) is 24.8 Å². The van der Waals surface area contributed by atoms with E-state index in [9.17, 15) is 13.6 Å². The van der Waals surface area contributed by atoms with E-state index in [1.807, 2.05) is 0 Å². The Balaban J connectivity index is 0.00000361. The molecule has 1 aliphatic rings. The summed E-state index contributed by atoms with van der Waals surface area (Å²) in [5, 5.41) is 6.23. The van der Waals surface area contributed by atoms with Crippen LogP contribution in [0.2, 0.25) is 0 Å². The molecule has 1 unspecified atom stereocenters. The van der Waals surface area contributed by atoms with Crippen LogP contribution in [0.1, 0.15) is 33.1 Å². The molecule has 1 atom stereocenters. The van der Waals surface area contributed by atoms with E-state index in [0.29, 0.717) is 6.54 Å². The largest absolute Gasteiger partial charge is 0.375 e. The molecule has 4 nitrogen and oxygen atoms in total. The number of amides is 1. The first-order chi connectivity index (χ1) is 8.92. The first kappa shape index (κ1) is 19.5. The number of hydrogen-bond donors (Lipinski definition) is 2. The van der Waals surface area contributed by atoms with Crippen LogP contribution in [0.4, 0.5) is 8.78 Å². The van der Waals surface area contributed by atoms with E-state index in [0.717, 1.165) is 19.4 Å². The quantitative estimate of drug-likeness (QED) is 0.706. The van der Waals surface area contributed by atoms with Crippen molar-refractivity contribution >= 4 is 18.3 Å². The summed E-state index contributed by atoms with van der Waals surface area (Å²) < 4.78 is 28.3. The highest BCUT2D eigenvalue weighted by atomic mass is 35.5. The van der Waals surface area contributed by atoms with E-state index < -0.39 is 13.0 Å². The minimum Gasteiger partial charge on any atom is -0.375 e. The highest BCUT2D eigenvalue weighted by molar-refractivity contribution is 5.85. The molecule has 0 aliphatic carbocycles. The Morgan fingerprint density at radius 1 is 1.50 bits per heavy atom.